The van der Waals surface area contributed by atoms with E-state index in [0.717, 1.165) is 17.7 Å². The van der Waals surface area contributed by atoms with Gasteiger partial charge in [-0.1, -0.05) is 12.1 Å². The van der Waals surface area contributed by atoms with Crippen LogP contribution >= 0.6 is 11.6 Å². The summed E-state index contributed by atoms with van der Waals surface area (Å²) in [6.45, 7) is 0.578. The van der Waals surface area contributed by atoms with Crippen molar-refractivity contribution in [1.29, 1.82) is 0 Å². The normalized spacial score (nSPS) is 10.2. The molecule has 1 aromatic carbocycles. The monoisotopic (exact) mass is 277 g/mol. The molecule has 0 N–H and O–H groups in total. The summed E-state index contributed by atoms with van der Waals surface area (Å²) in [5.74, 6) is 1.85. The molecule has 0 amide bonds. The molecule has 0 saturated heterocycles. The Morgan fingerprint density at radius 2 is 1.95 bits per heavy atom. The third-order valence-electron chi connectivity index (χ3n) is 2.81. The van der Waals surface area contributed by atoms with Crippen molar-refractivity contribution in [1.82, 2.24) is 4.98 Å². The molecule has 3 nitrogen and oxygen atoms in total. The van der Waals surface area contributed by atoms with Crippen LogP contribution in [0.15, 0.2) is 42.7 Å². The fourth-order valence-corrected chi connectivity index (χ4v) is 2.02. The van der Waals surface area contributed by atoms with E-state index >= 15 is 0 Å². The summed E-state index contributed by atoms with van der Waals surface area (Å²) >= 11 is 5.91. The molecule has 1 heterocycles. The zero-order valence-corrected chi connectivity index (χ0v) is 11.6. The fraction of sp³-hybridized carbons (Fsp3) is 0.267. The number of para-hydroxylation sites is 1. The summed E-state index contributed by atoms with van der Waals surface area (Å²) in [6.07, 6.45) is 4.38. The number of nitrogens with zero attached hydrogens (tertiary/aromatic N) is 1. The summed E-state index contributed by atoms with van der Waals surface area (Å²) in [5, 5.41) is 0. The topological polar surface area (TPSA) is 31.4 Å². The van der Waals surface area contributed by atoms with Crippen molar-refractivity contribution in [2.24, 2.45) is 0 Å². The molecular weight excluding hydrogens is 262 g/mol. The van der Waals surface area contributed by atoms with Crippen molar-refractivity contribution in [3.8, 4) is 11.5 Å². The molecule has 0 unspecified atom stereocenters. The Balaban J connectivity index is 2.02. The maximum atomic E-state index is 5.91. The van der Waals surface area contributed by atoms with Gasteiger partial charge in [0.2, 0.25) is 0 Å². The number of benzene rings is 1. The van der Waals surface area contributed by atoms with Gasteiger partial charge in [0.1, 0.15) is 0 Å². The summed E-state index contributed by atoms with van der Waals surface area (Å²) < 4.78 is 11.1. The van der Waals surface area contributed by atoms with Gasteiger partial charge >= 0.3 is 0 Å². The Labute approximate surface area is 118 Å². The molecule has 4 heteroatoms. The Morgan fingerprint density at radius 1 is 1.16 bits per heavy atom. The van der Waals surface area contributed by atoms with Crippen molar-refractivity contribution >= 4 is 11.6 Å². The molecule has 0 aliphatic rings. The van der Waals surface area contributed by atoms with E-state index in [1.54, 1.807) is 19.5 Å². The molecule has 1 aromatic heterocycles. The molecule has 19 heavy (non-hydrogen) atoms. The SMILES string of the molecule is COc1cccc(CCl)c1OCCc1ccncc1. The van der Waals surface area contributed by atoms with E-state index in [-0.39, 0.29) is 0 Å². The molecule has 2 aromatic rings. The fourth-order valence-electron chi connectivity index (χ4n) is 1.81. The molecule has 0 fully saturated rings. The van der Waals surface area contributed by atoms with Crippen LogP contribution in [0.4, 0.5) is 0 Å². The van der Waals surface area contributed by atoms with E-state index in [9.17, 15) is 0 Å². The van der Waals surface area contributed by atoms with Crippen molar-refractivity contribution in [3.63, 3.8) is 0 Å². The molecule has 0 atom stereocenters. The number of aromatic nitrogens is 1. The van der Waals surface area contributed by atoms with Crippen molar-refractivity contribution in [2.75, 3.05) is 13.7 Å². The van der Waals surface area contributed by atoms with Crippen LogP contribution in [0, 0.1) is 0 Å². The van der Waals surface area contributed by atoms with Gasteiger partial charge in [-0.25, -0.2) is 0 Å². The van der Waals surface area contributed by atoms with Crippen LogP contribution in [0.2, 0.25) is 0 Å². The average Bonchev–Trinajstić information content (AvgIpc) is 2.48. The second-order valence-electron chi connectivity index (χ2n) is 4.04. The number of methoxy groups -OCH3 is 1. The quantitative estimate of drug-likeness (QED) is 0.758. The number of ether oxygens (including phenoxy) is 2. The van der Waals surface area contributed by atoms with E-state index in [1.165, 1.54) is 5.56 Å². The molecule has 0 spiro atoms. The van der Waals surface area contributed by atoms with Gasteiger partial charge in [-0.3, -0.25) is 4.98 Å². The molecule has 100 valence electrons. The molecular formula is C15H16ClNO2. The Hall–Kier alpha value is -1.74. The first-order valence-electron chi connectivity index (χ1n) is 6.08. The second-order valence-corrected chi connectivity index (χ2v) is 4.30. The summed E-state index contributed by atoms with van der Waals surface area (Å²) in [5.41, 5.74) is 2.13. The van der Waals surface area contributed by atoms with Gasteiger partial charge in [0.25, 0.3) is 0 Å². The van der Waals surface area contributed by atoms with E-state index in [1.807, 2.05) is 30.3 Å². The minimum absolute atomic E-state index is 0.405. The van der Waals surface area contributed by atoms with Gasteiger partial charge in [0.05, 0.1) is 19.6 Å². The van der Waals surface area contributed by atoms with E-state index < -0.39 is 0 Å². The zero-order chi connectivity index (χ0) is 13.5. The number of pyridine rings is 1. The lowest BCUT2D eigenvalue weighted by molar-refractivity contribution is 0.295. The summed E-state index contributed by atoms with van der Waals surface area (Å²) in [6, 6.07) is 9.68. The summed E-state index contributed by atoms with van der Waals surface area (Å²) in [4.78, 5) is 3.99. The van der Waals surface area contributed by atoms with Crippen LogP contribution in [-0.4, -0.2) is 18.7 Å². The van der Waals surface area contributed by atoms with E-state index in [0.29, 0.717) is 18.2 Å². The predicted molar refractivity (Wildman–Crippen MR) is 76.0 cm³/mol. The third-order valence-corrected chi connectivity index (χ3v) is 3.10. The molecule has 0 aliphatic carbocycles. The Morgan fingerprint density at radius 3 is 2.63 bits per heavy atom. The van der Waals surface area contributed by atoms with Crippen LogP contribution in [-0.2, 0) is 12.3 Å². The van der Waals surface area contributed by atoms with E-state index in [4.69, 9.17) is 21.1 Å². The first-order valence-corrected chi connectivity index (χ1v) is 6.62. The number of halogens is 1. The van der Waals surface area contributed by atoms with Gasteiger partial charge in [-0.05, 0) is 23.8 Å². The van der Waals surface area contributed by atoms with Gasteiger partial charge in [-0.2, -0.15) is 0 Å². The van der Waals surface area contributed by atoms with Gasteiger partial charge in [-0.15, -0.1) is 11.6 Å². The van der Waals surface area contributed by atoms with Crippen LogP contribution in [0.5, 0.6) is 11.5 Å². The van der Waals surface area contributed by atoms with Crippen molar-refractivity contribution in [3.05, 3.63) is 53.9 Å². The zero-order valence-electron chi connectivity index (χ0n) is 10.8. The lowest BCUT2D eigenvalue weighted by Crippen LogP contribution is -2.04. The van der Waals surface area contributed by atoms with E-state index in [2.05, 4.69) is 4.98 Å². The highest BCUT2D eigenvalue weighted by molar-refractivity contribution is 6.17. The molecule has 0 bridgehead atoms. The largest absolute Gasteiger partial charge is 0.493 e. The van der Waals surface area contributed by atoms with Gasteiger partial charge in [0.15, 0.2) is 11.5 Å². The first-order chi connectivity index (χ1) is 9.35. The molecule has 2 rings (SSSR count). The number of hydrogen-bond acceptors (Lipinski definition) is 3. The van der Waals surface area contributed by atoms with Crippen LogP contribution in [0.3, 0.4) is 0 Å². The average molecular weight is 278 g/mol. The smallest absolute Gasteiger partial charge is 0.165 e. The van der Waals surface area contributed by atoms with Crippen LogP contribution < -0.4 is 9.47 Å². The van der Waals surface area contributed by atoms with Crippen LogP contribution in [0.25, 0.3) is 0 Å². The highest BCUT2D eigenvalue weighted by atomic mass is 35.5. The maximum Gasteiger partial charge on any atom is 0.165 e. The molecule has 0 radical (unpaired) electrons. The lowest BCUT2D eigenvalue weighted by Gasteiger charge is -2.13. The van der Waals surface area contributed by atoms with Crippen molar-refractivity contribution in [2.45, 2.75) is 12.3 Å². The van der Waals surface area contributed by atoms with Crippen LogP contribution in [0.1, 0.15) is 11.1 Å². The number of alkyl halides is 1. The number of rotatable bonds is 6. The predicted octanol–water partition coefficient (Wildman–Crippen LogP) is 3.45. The Kier molecular flexibility index (Phi) is 5.04. The minimum atomic E-state index is 0.405. The second kappa shape index (κ2) is 7.00. The van der Waals surface area contributed by atoms with Crippen molar-refractivity contribution < 1.29 is 9.47 Å². The highest BCUT2D eigenvalue weighted by Gasteiger charge is 2.09. The summed E-state index contributed by atoms with van der Waals surface area (Å²) in [7, 11) is 1.63. The first kappa shape index (κ1) is 13.7. The highest BCUT2D eigenvalue weighted by Crippen LogP contribution is 2.32. The minimum Gasteiger partial charge on any atom is -0.493 e. The van der Waals surface area contributed by atoms with Gasteiger partial charge < -0.3 is 9.47 Å². The lowest BCUT2D eigenvalue weighted by atomic mass is 10.2. The third kappa shape index (κ3) is 3.61. The standard InChI is InChI=1S/C15H16ClNO2/c1-18-14-4-2-3-13(11-16)15(14)19-10-7-12-5-8-17-9-6-12/h2-6,8-9H,7,10-11H2,1H3. The molecule has 0 saturated carbocycles. The molecule has 0 aliphatic heterocycles. The number of hydrogen-bond donors (Lipinski definition) is 0. The Bertz CT molecular complexity index is 495. The van der Waals surface area contributed by atoms with Gasteiger partial charge in [0, 0.05) is 24.4 Å². The maximum absolute atomic E-state index is 5.91.